The average molecular weight is 535 g/mol. The van der Waals surface area contributed by atoms with Crippen LogP contribution in [0, 0.1) is 28.9 Å². The quantitative estimate of drug-likeness (QED) is 0.123. The highest BCUT2D eigenvalue weighted by atomic mass is 16.6. The fourth-order valence-corrected chi connectivity index (χ4v) is 5.11. The van der Waals surface area contributed by atoms with Gasteiger partial charge < -0.3 is 26.2 Å². The summed E-state index contributed by atoms with van der Waals surface area (Å²) in [5.74, 6) is 1.31. The van der Waals surface area contributed by atoms with Crippen molar-refractivity contribution in [2.24, 2.45) is 11.8 Å². The van der Waals surface area contributed by atoms with E-state index in [1.54, 1.807) is 0 Å². The highest BCUT2D eigenvalue weighted by Crippen LogP contribution is 2.30. The topological polar surface area (TPSA) is 145 Å². The number of nitrogens with one attached hydrogen (secondary N) is 3. The predicted octanol–water partition coefficient (Wildman–Crippen LogP) is 4.26. The van der Waals surface area contributed by atoms with Crippen molar-refractivity contribution in [2.45, 2.75) is 45.7 Å². The normalized spacial score (nSPS) is 17.1. The van der Waals surface area contributed by atoms with Crippen LogP contribution < -0.4 is 16.0 Å². The molecule has 10 nitrogen and oxygen atoms in total. The molecule has 1 fully saturated rings. The fourth-order valence-electron chi connectivity index (χ4n) is 5.11. The number of hydrogen-bond acceptors (Lipinski definition) is 9. The van der Waals surface area contributed by atoms with Gasteiger partial charge in [0, 0.05) is 32.8 Å². The van der Waals surface area contributed by atoms with Gasteiger partial charge in [-0.2, -0.15) is 4.98 Å². The van der Waals surface area contributed by atoms with E-state index in [4.69, 9.17) is 5.11 Å². The van der Waals surface area contributed by atoms with Gasteiger partial charge in [-0.3, -0.25) is 10.1 Å². The summed E-state index contributed by atoms with van der Waals surface area (Å²) in [6, 6.07) is 14.5. The van der Waals surface area contributed by atoms with Gasteiger partial charge in [0.05, 0.1) is 11.5 Å². The molecule has 1 heterocycles. The number of aromatic nitrogens is 2. The van der Waals surface area contributed by atoms with E-state index in [2.05, 4.69) is 57.1 Å². The van der Waals surface area contributed by atoms with Gasteiger partial charge in [-0.1, -0.05) is 36.4 Å². The molecule has 208 valence electrons. The summed E-state index contributed by atoms with van der Waals surface area (Å²) in [5, 5.41) is 39.6. The SMILES string of the molecule is Cc1c(CNc2ncc([N+](=O)[O-])c(NC[C@H]3CC[C@H](CO)CC3)n2)cccc1-c1cccc(CNCCO)c1. The molecule has 1 saturated carbocycles. The van der Waals surface area contributed by atoms with E-state index in [-0.39, 0.29) is 24.7 Å². The molecule has 5 N–H and O–H groups in total. The minimum Gasteiger partial charge on any atom is -0.396 e. The Kier molecular flexibility index (Phi) is 10.2. The summed E-state index contributed by atoms with van der Waals surface area (Å²) in [7, 11) is 0. The van der Waals surface area contributed by atoms with Crippen molar-refractivity contribution < 1.29 is 15.1 Å². The van der Waals surface area contributed by atoms with Gasteiger partial charge in [-0.15, -0.1) is 0 Å². The van der Waals surface area contributed by atoms with Crippen LogP contribution in [0.15, 0.2) is 48.7 Å². The first-order valence-corrected chi connectivity index (χ1v) is 13.6. The second-order valence-electron chi connectivity index (χ2n) is 10.2. The highest BCUT2D eigenvalue weighted by Gasteiger charge is 2.23. The van der Waals surface area contributed by atoms with Crippen molar-refractivity contribution in [1.29, 1.82) is 0 Å². The minimum atomic E-state index is -0.462. The molecule has 1 aliphatic carbocycles. The van der Waals surface area contributed by atoms with Crippen LogP contribution in [0.5, 0.6) is 0 Å². The van der Waals surface area contributed by atoms with Gasteiger partial charge in [0.1, 0.15) is 6.20 Å². The van der Waals surface area contributed by atoms with Crippen molar-refractivity contribution in [3.8, 4) is 11.1 Å². The van der Waals surface area contributed by atoms with Crippen LogP contribution in [0.25, 0.3) is 11.1 Å². The first-order valence-electron chi connectivity index (χ1n) is 13.6. The van der Waals surface area contributed by atoms with E-state index >= 15 is 0 Å². The Balaban J connectivity index is 1.43. The standard InChI is InChI=1S/C29H38N6O4/c1-20-25(6-3-7-26(20)24-5-2-4-23(14-24)15-30-12-13-36)17-32-29-33-18-27(35(38)39)28(34-29)31-16-21-8-10-22(19-37)11-9-21/h2-7,14,18,21-22,30,36-37H,8-13,15-17,19H2,1H3,(H2,31,32,33,34)/t21-,22-. The molecule has 0 radical (unpaired) electrons. The van der Waals surface area contributed by atoms with Crippen molar-refractivity contribution in [3.05, 3.63) is 75.5 Å². The number of rotatable bonds is 13. The Morgan fingerprint density at radius 1 is 1.03 bits per heavy atom. The molecule has 0 amide bonds. The Morgan fingerprint density at radius 2 is 1.79 bits per heavy atom. The van der Waals surface area contributed by atoms with Gasteiger partial charge >= 0.3 is 5.69 Å². The van der Waals surface area contributed by atoms with Crippen molar-refractivity contribution >= 4 is 17.5 Å². The molecule has 2 aromatic carbocycles. The Labute approximate surface area is 229 Å². The van der Waals surface area contributed by atoms with Gasteiger partial charge in [0.2, 0.25) is 11.8 Å². The molecule has 0 unspecified atom stereocenters. The molecule has 1 aromatic heterocycles. The molecule has 3 aromatic rings. The van der Waals surface area contributed by atoms with E-state index in [0.717, 1.165) is 53.5 Å². The lowest BCUT2D eigenvalue weighted by Gasteiger charge is -2.27. The number of nitrogens with zero attached hydrogens (tertiary/aromatic N) is 3. The number of anilines is 2. The largest absolute Gasteiger partial charge is 0.396 e. The molecule has 4 rings (SSSR count). The Morgan fingerprint density at radius 3 is 2.54 bits per heavy atom. The van der Waals surface area contributed by atoms with Gasteiger partial charge in [-0.05, 0) is 78.3 Å². The van der Waals surface area contributed by atoms with Gasteiger partial charge in [0.15, 0.2) is 0 Å². The van der Waals surface area contributed by atoms with E-state index in [1.165, 1.54) is 6.20 Å². The van der Waals surface area contributed by atoms with Crippen LogP contribution in [0.1, 0.15) is 42.4 Å². The van der Waals surface area contributed by atoms with Crippen molar-refractivity contribution in [2.75, 3.05) is 36.9 Å². The maximum absolute atomic E-state index is 11.6. The van der Waals surface area contributed by atoms with Gasteiger partial charge in [0.25, 0.3) is 0 Å². The maximum Gasteiger partial charge on any atom is 0.329 e. The monoisotopic (exact) mass is 534 g/mol. The number of aliphatic hydroxyl groups excluding tert-OH is 2. The van der Waals surface area contributed by atoms with Crippen LogP contribution in [0.4, 0.5) is 17.5 Å². The first-order chi connectivity index (χ1) is 19.0. The Bertz CT molecular complexity index is 1250. The summed E-state index contributed by atoms with van der Waals surface area (Å²) in [5.41, 5.74) is 5.45. The molecular weight excluding hydrogens is 496 g/mol. The highest BCUT2D eigenvalue weighted by molar-refractivity contribution is 5.69. The molecule has 0 bridgehead atoms. The van der Waals surface area contributed by atoms with Crippen LogP contribution >= 0.6 is 0 Å². The zero-order valence-electron chi connectivity index (χ0n) is 22.4. The second kappa shape index (κ2) is 14.0. The maximum atomic E-state index is 11.6. The first kappa shape index (κ1) is 28.4. The number of hydrogen-bond donors (Lipinski definition) is 5. The van der Waals surface area contributed by atoms with Gasteiger partial charge in [-0.25, -0.2) is 4.98 Å². The lowest BCUT2D eigenvalue weighted by molar-refractivity contribution is -0.384. The summed E-state index contributed by atoms with van der Waals surface area (Å²) in [6.45, 7) is 4.73. The summed E-state index contributed by atoms with van der Waals surface area (Å²) in [6.07, 6.45) is 5.18. The zero-order valence-corrected chi connectivity index (χ0v) is 22.4. The fraction of sp³-hybridized carbons (Fsp3) is 0.448. The van der Waals surface area contributed by atoms with Crippen LogP contribution in [0.3, 0.4) is 0 Å². The Hall–Kier alpha value is -3.60. The van der Waals surface area contributed by atoms with E-state index in [9.17, 15) is 15.2 Å². The zero-order chi connectivity index (χ0) is 27.6. The van der Waals surface area contributed by atoms with Crippen LogP contribution in [-0.2, 0) is 13.1 Å². The second-order valence-corrected chi connectivity index (χ2v) is 10.2. The van der Waals surface area contributed by atoms with E-state index in [1.807, 2.05) is 18.2 Å². The summed E-state index contributed by atoms with van der Waals surface area (Å²) < 4.78 is 0. The number of aliphatic hydroxyl groups is 2. The van der Waals surface area contributed by atoms with Crippen LogP contribution in [-0.4, -0.2) is 51.4 Å². The van der Waals surface area contributed by atoms with Crippen LogP contribution in [0.2, 0.25) is 0 Å². The lowest BCUT2D eigenvalue weighted by atomic mass is 9.82. The molecule has 1 aliphatic rings. The van der Waals surface area contributed by atoms with E-state index < -0.39 is 4.92 Å². The lowest BCUT2D eigenvalue weighted by Crippen LogP contribution is -2.23. The number of benzene rings is 2. The third-order valence-corrected chi connectivity index (χ3v) is 7.49. The van der Waals surface area contributed by atoms with Crippen molar-refractivity contribution in [1.82, 2.24) is 15.3 Å². The molecule has 0 aliphatic heterocycles. The molecule has 10 heteroatoms. The average Bonchev–Trinajstić information content (AvgIpc) is 2.96. The molecule has 0 saturated heterocycles. The third kappa shape index (κ3) is 7.72. The summed E-state index contributed by atoms with van der Waals surface area (Å²) >= 11 is 0. The smallest absolute Gasteiger partial charge is 0.329 e. The van der Waals surface area contributed by atoms with E-state index in [0.29, 0.717) is 44.0 Å². The third-order valence-electron chi connectivity index (χ3n) is 7.49. The predicted molar refractivity (Wildman–Crippen MR) is 152 cm³/mol. The number of nitro groups is 1. The molecule has 39 heavy (non-hydrogen) atoms. The molecule has 0 spiro atoms. The van der Waals surface area contributed by atoms with Crippen molar-refractivity contribution in [3.63, 3.8) is 0 Å². The minimum absolute atomic E-state index is 0.107. The summed E-state index contributed by atoms with van der Waals surface area (Å²) in [4.78, 5) is 19.8. The molecular formula is C29H38N6O4. The molecule has 0 atom stereocenters.